The fraction of sp³-hybridized carbons (Fsp3) is 0.0448. The second-order valence-electron chi connectivity index (χ2n) is 19.3. The van der Waals surface area contributed by atoms with Gasteiger partial charge in [0.05, 0.1) is 44.5 Å². The molecule has 0 aliphatic heterocycles. The smallest absolute Gasteiger partial charge is 0.160 e. The van der Waals surface area contributed by atoms with Gasteiger partial charge < -0.3 is 13.7 Å². The first-order valence-electron chi connectivity index (χ1n) is 24.7. The highest BCUT2D eigenvalue weighted by Gasteiger charge is 2.20. The Morgan fingerprint density at radius 1 is 0.278 bits per heavy atom. The van der Waals surface area contributed by atoms with E-state index in [9.17, 15) is 0 Å². The maximum atomic E-state index is 5.09. The zero-order valence-corrected chi connectivity index (χ0v) is 40.2. The van der Waals surface area contributed by atoms with Gasteiger partial charge in [-0.25, -0.2) is 9.97 Å². The molecule has 340 valence electrons. The lowest BCUT2D eigenvalue weighted by atomic mass is 9.99. The summed E-state index contributed by atoms with van der Waals surface area (Å²) in [6.45, 7) is 6.61. The van der Waals surface area contributed by atoms with Crippen LogP contribution in [0.2, 0.25) is 0 Å². The summed E-state index contributed by atoms with van der Waals surface area (Å²) in [7, 11) is 0. The van der Waals surface area contributed by atoms with Crippen molar-refractivity contribution in [3.8, 4) is 62.1 Å². The molecule has 5 heteroatoms. The van der Waals surface area contributed by atoms with Crippen molar-refractivity contribution in [3.05, 3.63) is 247 Å². The molecule has 72 heavy (non-hydrogen) atoms. The van der Waals surface area contributed by atoms with E-state index in [-0.39, 0.29) is 0 Å². The number of nitrogens with zero attached hydrogens (tertiary/aromatic N) is 5. The van der Waals surface area contributed by atoms with E-state index in [1.54, 1.807) is 0 Å². The van der Waals surface area contributed by atoms with E-state index in [4.69, 9.17) is 9.97 Å². The van der Waals surface area contributed by atoms with Gasteiger partial charge in [-0.3, -0.25) is 0 Å². The molecule has 0 bridgehead atoms. The lowest BCUT2D eigenvalue weighted by Gasteiger charge is -2.14. The summed E-state index contributed by atoms with van der Waals surface area (Å²) in [6.07, 6.45) is 0. The summed E-state index contributed by atoms with van der Waals surface area (Å²) in [5.41, 5.74) is 21.5. The van der Waals surface area contributed by atoms with Gasteiger partial charge in [0, 0.05) is 66.1 Å². The topological polar surface area (TPSA) is 40.6 Å². The summed E-state index contributed by atoms with van der Waals surface area (Å²) >= 11 is 0. The normalized spacial score (nSPS) is 11.8. The van der Waals surface area contributed by atoms with Crippen LogP contribution in [0.3, 0.4) is 0 Å². The van der Waals surface area contributed by atoms with Crippen LogP contribution in [0.15, 0.2) is 231 Å². The minimum Gasteiger partial charge on any atom is -0.309 e. The van der Waals surface area contributed by atoms with Crippen LogP contribution in [-0.2, 0) is 0 Å². The van der Waals surface area contributed by atoms with Crippen LogP contribution in [-0.4, -0.2) is 23.7 Å². The van der Waals surface area contributed by atoms with E-state index in [1.165, 1.54) is 71.1 Å². The molecular formula is C67H47N5. The van der Waals surface area contributed by atoms with E-state index in [1.807, 2.05) is 24.3 Å². The number of aryl methyl sites for hydroxylation is 3. The highest BCUT2D eigenvalue weighted by atomic mass is 15.0. The van der Waals surface area contributed by atoms with Crippen LogP contribution in [0, 0.1) is 20.8 Å². The fourth-order valence-corrected chi connectivity index (χ4v) is 11.3. The van der Waals surface area contributed by atoms with E-state index < -0.39 is 0 Å². The van der Waals surface area contributed by atoms with Crippen LogP contribution in [0.25, 0.3) is 128 Å². The Labute approximate surface area is 417 Å². The molecule has 5 nitrogen and oxygen atoms in total. The number of aromatic nitrogens is 5. The van der Waals surface area contributed by atoms with Gasteiger partial charge in [-0.2, -0.15) is 0 Å². The van der Waals surface area contributed by atoms with E-state index in [2.05, 4.69) is 241 Å². The zero-order valence-electron chi connectivity index (χ0n) is 40.2. The molecule has 0 aliphatic rings. The molecule has 0 spiro atoms. The third kappa shape index (κ3) is 6.69. The van der Waals surface area contributed by atoms with Crippen LogP contribution in [0.5, 0.6) is 0 Å². The summed E-state index contributed by atoms with van der Waals surface area (Å²) in [5, 5.41) is 7.46. The largest absolute Gasteiger partial charge is 0.309 e. The van der Waals surface area contributed by atoms with E-state index in [0.717, 1.165) is 67.3 Å². The number of hydrogen-bond acceptors (Lipinski definition) is 2. The van der Waals surface area contributed by atoms with Crippen molar-refractivity contribution in [1.29, 1.82) is 0 Å². The minimum absolute atomic E-state index is 0.711. The van der Waals surface area contributed by atoms with Gasteiger partial charge in [0.15, 0.2) is 5.82 Å². The highest BCUT2D eigenvalue weighted by molar-refractivity contribution is 6.14. The molecule has 0 saturated carbocycles. The Morgan fingerprint density at radius 2 is 0.694 bits per heavy atom. The number of rotatable bonds is 7. The average molecular weight is 922 g/mol. The second kappa shape index (κ2) is 16.4. The van der Waals surface area contributed by atoms with Crippen LogP contribution < -0.4 is 0 Å². The number of hydrogen-bond donors (Lipinski definition) is 0. The highest BCUT2D eigenvalue weighted by Crippen LogP contribution is 2.41. The third-order valence-corrected chi connectivity index (χ3v) is 14.7. The van der Waals surface area contributed by atoms with Crippen molar-refractivity contribution in [3.63, 3.8) is 0 Å². The first-order valence-corrected chi connectivity index (χ1v) is 24.7. The zero-order chi connectivity index (χ0) is 48.0. The van der Waals surface area contributed by atoms with E-state index >= 15 is 0 Å². The molecule has 0 radical (unpaired) electrons. The van der Waals surface area contributed by atoms with Gasteiger partial charge in [-0.05, 0) is 128 Å². The quantitative estimate of drug-likeness (QED) is 0.160. The number of para-hydroxylation sites is 2. The predicted octanol–water partition coefficient (Wildman–Crippen LogP) is 17.4. The van der Waals surface area contributed by atoms with Gasteiger partial charge in [0.25, 0.3) is 0 Å². The Balaban J connectivity index is 0.910. The molecule has 4 aromatic heterocycles. The molecule has 0 atom stereocenters. The van der Waals surface area contributed by atoms with Crippen molar-refractivity contribution in [1.82, 2.24) is 23.7 Å². The maximum Gasteiger partial charge on any atom is 0.160 e. The van der Waals surface area contributed by atoms with Gasteiger partial charge in [-0.15, -0.1) is 0 Å². The van der Waals surface area contributed by atoms with Crippen LogP contribution >= 0.6 is 0 Å². The summed E-state index contributed by atoms with van der Waals surface area (Å²) in [5.74, 6) is 0.711. The minimum atomic E-state index is 0.711. The molecular weight excluding hydrogens is 875 g/mol. The Bertz CT molecular complexity index is 4290. The molecule has 14 rings (SSSR count). The fourth-order valence-electron chi connectivity index (χ4n) is 11.3. The van der Waals surface area contributed by atoms with Crippen molar-refractivity contribution in [2.75, 3.05) is 0 Å². The first kappa shape index (κ1) is 41.6. The first-order chi connectivity index (χ1) is 35.4. The van der Waals surface area contributed by atoms with Crippen LogP contribution in [0.1, 0.15) is 16.7 Å². The molecule has 0 fully saturated rings. The maximum absolute atomic E-state index is 5.09. The third-order valence-electron chi connectivity index (χ3n) is 14.7. The van der Waals surface area contributed by atoms with Crippen LogP contribution in [0.4, 0.5) is 0 Å². The Hall–Kier alpha value is -9.32. The monoisotopic (exact) mass is 921 g/mol. The van der Waals surface area contributed by atoms with Crippen molar-refractivity contribution >= 4 is 65.4 Å². The Kier molecular flexibility index (Phi) is 9.48. The summed E-state index contributed by atoms with van der Waals surface area (Å²) in [4.78, 5) is 10.1. The van der Waals surface area contributed by atoms with E-state index in [0.29, 0.717) is 5.82 Å². The van der Waals surface area contributed by atoms with Gasteiger partial charge in [0.2, 0.25) is 0 Å². The standard InChI is InChI=1S/C67H47N5/c1-42-22-31-63-54(36-42)55-37-43(2)23-32-64(55)71(63)51-30-35-66-57(40-51)56-39-50(70-61-20-12-10-18-52(61)53-19-11-13-21-62(53)70)29-34-65(56)72(66)60-33-28-49(38-44(60)3)45-24-26-47(27-25-45)59-41-58(46-14-6-4-7-15-46)68-67(69-59)48-16-8-5-9-17-48/h4-41H,1-3H3. The summed E-state index contributed by atoms with van der Waals surface area (Å²) in [6, 6.07) is 83.7. The molecule has 0 saturated heterocycles. The molecule has 0 unspecified atom stereocenters. The molecule has 0 amide bonds. The predicted molar refractivity (Wildman–Crippen MR) is 301 cm³/mol. The Morgan fingerprint density at radius 3 is 1.24 bits per heavy atom. The van der Waals surface area contributed by atoms with Crippen molar-refractivity contribution < 1.29 is 0 Å². The SMILES string of the molecule is Cc1ccc2c(c1)c1cc(C)ccc1n2-c1ccc2c(c1)c1cc(-n3c4ccccc4c4ccccc43)ccc1n2-c1ccc(-c2ccc(-c3cc(-c4ccccc4)nc(-c4ccccc4)n3)cc2)cc1C. The lowest BCUT2D eigenvalue weighted by molar-refractivity contribution is 1.14. The molecule has 0 aliphatic carbocycles. The second-order valence-corrected chi connectivity index (χ2v) is 19.3. The van der Waals surface area contributed by atoms with Gasteiger partial charge in [-0.1, -0.05) is 151 Å². The van der Waals surface area contributed by atoms with Gasteiger partial charge in [0.1, 0.15) is 0 Å². The molecule has 14 aromatic rings. The number of benzene rings is 10. The number of fused-ring (bicyclic) bond motifs is 9. The summed E-state index contributed by atoms with van der Waals surface area (Å²) < 4.78 is 7.34. The van der Waals surface area contributed by atoms with Crippen molar-refractivity contribution in [2.24, 2.45) is 0 Å². The van der Waals surface area contributed by atoms with Crippen molar-refractivity contribution in [2.45, 2.75) is 20.8 Å². The van der Waals surface area contributed by atoms with Gasteiger partial charge >= 0.3 is 0 Å². The molecule has 4 heterocycles. The molecule has 10 aromatic carbocycles. The average Bonchev–Trinajstić information content (AvgIpc) is 4.05. The lowest BCUT2D eigenvalue weighted by Crippen LogP contribution is -1.99. The molecule has 0 N–H and O–H groups in total.